The molecule has 2 amide bonds. The molecule has 6 nitrogen and oxygen atoms in total. The van der Waals surface area contributed by atoms with E-state index in [0.29, 0.717) is 12.3 Å². The van der Waals surface area contributed by atoms with Crippen LogP contribution >= 0.6 is 0 Å². The molecule has 2 atom stereocenters. The van der Waals surface area contributed by atoms with Gasteiger partial charge in [-0.25, -0.2) is 0 Å². The van der Waals surface area contributed by atoms with Gasteiger partial charge in [0.1, 0.15) is 0 Å². The molecule has 1 aromatic carbocycles. The lowest BCUT2D eigenvalue weighted by molar-refractivity contribution is -0.123. The van der Waals surface area contributed by atoms with E-state index < -0.39 is 0 Å². The summed E-state index contributed by atoms with van der Waals surface area (Å²) in [6.07, 6.45) is 5.36. The number of hydrogen-bond donors (Lipinski definition) is 3. The maximum absolute atomic E-state index is 12.3. The number of carbonyl (C=O) groups is 2. The second-order valence-corrected chi connectivity index (χ2v) is 7.76. The SMILES string of the molecule is NC(=O)C1CCN(Cc2cccc(NC(=O)C[C@@H]3CCC[C@H]3N)c2)CC1. The fraction of sp³-hybridized carbons (Fsp3) is 0.600. The summed E-state index contributed by atoms with van der Waals surface area (Å²) < 4.78 is 0. The molecule has 0 unspecified atom stereocenters. The summed E-state index contributed by atoms with van der Waals surface area (Å²) in [5.74, 6) is 0.187. The standard InChI is InChI=1S/C20H30N4O2/c21-18-6-2-4-16(18)12-19(25)23-17-5-1-3-14(11-17)13-24-9-7-15(8-10-24)20(22)26/h1,3,5,11,15-16,18H,2,4,6-10,12-13,21H2,(H2,22,26)(H,23,25)/t16-,18+/m0/s1. The lowest BCUT2D eigenvalue weighted by Crippen LogP contribution is -2.38. The first kappa shape index (κ1) is 18.9. The molecular formula is C20H30N4O2. The topological polar surface area (TPSA) is 101 Å². The third-order valence-corrected chi connectivity index (χ3v) is 5.77. The van der Waals surface area contributed by atoms with Gasteiger partial charge in [-0.15, -0.1) is 0 Å². The monoisotopic (exact) mass is 358 g/mol. The summed E-state index contributed by atoms with van der Waals surface area (Å²) >= 11 is 0. The normalized spacial score (nSPS) is 24.5. The van der Waals surface area contributed by atoms with Crippen molar-refractivity contribution in [3.63, 3.8) is 0 Å². The van der Waals surface area contributed by atoms with Gasteiger partial charge in [-0.05, 0) is 62.4 Å². The molecule has 1 heterocycles. The Morgan fingerprint density at radius 2 is 1.92 bits per heavy atom. The van der Waals surface area contributed by atoms with Crippen LogP contribution in [0.3, 0.4) is 0 Å². The quantitative estimate of drug-likeness (QED) is 0.722. The van der Waals surface area contributed by atoms with Crippen LogP contribution in [-0.2, 0) is 16.1 Å². The Labute approximate surface area is 155 Å². The van der Waals surface area contributed by atoms with Crippen LogP contribution in [0.4, 0.5) is 5.69 Å². The highest BCUT2D eigenvalue weighted by Crippen LogP contribution is 2.27. The molecule has 1 aliphatic heterocycles. The minimum absolute atomic E-state index is 0.0128. The van der Waals surface area contributed by atoms with Gasteiger partial charge in [-0.2, -0.15) is 0 Å². The molecule has 0 aromatic heterocycles. The predicted molar refractivity (Wildman–Crippen MR) is 102 cm³/mol. The minimum atomic E-state index is -0.184. The van der Waals surface area contributed by atoms with Crippen LogP contribution in [0, 0.1) is 11.8 Å². The van der Waals surface area contributed by atoms with Crippen molar-refractivity contribution < 1.29 is 9.59 Å². The second kappa shape index (κ2) is 8.64. The zero-order chi connectivity index (χ0) is 18.5. The molecule has 0 bridgehead atoms. The Morgan fingerprint density at radius 3 is 2.58 bits per heavy atom. The molecule has 2 fully saturated rings. The molecule has 0 radical (unpaired) electrons. The average Bonchev–Trinajstić information content (AvgIpc) is 3.00. The average molecular weight is 358 g/mol. The molecule has 3 rings (SSSR count). The van der Waals surface area contributed by atoms with Crippen molar-refractivity contribution in [2.75, 3.05) is 18.4 Å². The molecule has 0 spiro atoms. The van der Waals surface area contributed by atoms with Gasteiger partial charge in [-0.1, -0.05) is 18.6 Å². The van der Waals surface area contributed by atoms with Crippen molar-refractivity contribution in [1.29, 1.82) is 0 Å². The number of carbonyl (C=O) groups excluding carboxylic acids is 2. The summed E-state index contributed by atoms with van der Waals surface area (Å²) in [7, 11) is 0. The predicted octanol–water partition coefficient (Wildman–Crippen LogP) is 1.84. The minimum Gasteiger partial charge on any atom is -0.369 e. The van der Waals surface area contributed by atoms with Gasteiger partial charge in [-0.3, -0.25) is 14.5 Å². The molecule has 1 saturated carbocycles. The first-order chi connectivity index (χ1) is 12.5. The molecule has 1 saturated heterocycles. The number of primary amides is 1. The molecule has 6 heteroatoms. The highest BCUT2D eigenvalue weighted by Gasteiger charge is 2.26. The van der Waals surface area contributed by atoms with E-state index in [1.54, 1.807) is 0 Å². The summed E-state index contributed by atoms with van der Waals surface area (Å²) in [5.41, 5.74) is 13.5. The first-order valence-corrected chi connectivity index (χ1v) is 9.67. The van der Waals surface area contributed by atoms with E-state index in [4.69, 9.17) is 11.5 Å². The maximum Gasteiger partial charge on any atom is 0.224 e. The molecule has 2 aliphatic rings. The van der Waals surface area contributed by atoms with Gasteiger partial charge in [0.05, 0.1) is 0 Å². The number of piperidine rings is 1. The number of amides is 2. The van der Waals surface area contributed by atoms with Crippen LogP contribution in [0.1, 0.15) is 44.1 Å². The van der Waals surface area contributed by atoms with E-state index in [2.05, 4.69) is 16.3 Å². The third kappa shape index (κ3) is 5.05. The van der Waals surface area contributed by atoms with Crippen LogP contribution in [-0.4, -0.2) is 35.8 Å². The van der Waals surface area contributed by atoms with Gasteiger partial charge < -0.3 is 16.8 Å². The van der Waals surface area contributed by atoms with E-state index >= 15 is 0 Å². The van der Waals surface area contributed by atoms with Crippen LogP contribution in [0.5, 0.6) is 0 Å². The number of anilines is 1. The summed E-state index contributed by atoms with van der Waals surface area (Å²) in [6, 6.07) is 8.17. The first-order valence-electron chi connectivity index (χ1n) is 9.67. The number of hydrogen-bond acceptors (Lipinski definition) is 4. The van der Waals surface area contributed by atoms with Crippen LogP contribution in [0.15, 0.2) is 24.3 Å². The van der Waals surface area contributed by atoms with E-state index in [1.807, 2.05) is 18.2 Å². The van der Waals surface area contributed by atoms with E-state index in [9.17, 15) is 9.59 Å². The number of likely N-dealkylation sites (tertiary alicyclic amines) is 1. The largest absolute Gasteiger partial charge is 0.369 e. The van der Waals surface area contributed by atoms with Crippen molar-refractivity contribution in [2.24, 2.45) is 23.3 Å². The number of nitrogens with two attached hydrogens (primary N) is 2. The Bertz CT molecular complexity index is 640. The third-order valence-electron chi connectivity index (χ3n) is 5.77. The van der Waals surface area contributed by atoms with E-state index in [1.165, 1.54) is 0 Å². The second-order valence-electron chi connectivity index (χ2n) is 7.76. The Kier molecular flexibility index (Phi) is 6.27. The van der Waals surface area contributed by atoms with Crippen LogP contribution in [0.2, 0.25) is 0 Å². The number of rotatable bonds is 6. The summed E-state index contributed by atoms with van der Waals surface area (Å²) in [6.45, 7) is 2.58. The smallest absolute Gasteiger partial charge is 0.224 e. The Morgan fingerprint density at radius 1 is 1.15 bits per heavy atom. The number of benzene rings is 1. The van der Waals surface area contributed by atoms with Crippen LogP contribution < -0.4 is 16.8 Å². The molecule has 1 aliphatic carbocycles. The zero-order valence-corrected chi connectivity index (χ0v) is 15.3. The highest BCUT2D eigenvalue weighted by molar-refractivity contribution is 5.91. The van der Waals surface area contributed by atoms with Gasteiger partial charge in [0.2, 0.25) is 11.8 Å². The van der Waals surface area contributed by atoms with E-state index in [0.717, 1.165) is 63.0 Å². The van der Waals surface area contributed by atoms with Gasteiger partial charge in [0.15, 0.2) is 0 Å². The lowest BCUT2D eigenvalue weighted by Gasteiger charge is -2.30. The number of nitrogens with one attached hydrogen (secondary N) is 1. The molecular weight excluding hydrogens is 328 g/mol. The van der Waals surface area contributed by atoms with Crippen molar-refractivity contribution in [1.82, 2.24) is 4.90 Å². The van der Waals surface area contributed by atoms with Crippen LogP contribution in [0.25, 0.3) is 0 Å². The summed E-state index contributed by atoms with van der Waals surface area (Å²) in [5, 5.41) is 3.01. The Balaban J connectivity index is 1.50. The number of nitrogens with zero attached hydrogens (tertiary/aromatic N) is 1. The van der Waals surface area contributed by atoms with E-state index in [-0.39, 0.29) is 23.8 Å². The van der Waals surface area contributed by atoms with Gasteiger partial charge >= 0.3 is 0 Å². The van der Waals surface area contributed by atoms with Gasteiger partial charge in [0, 0.05) is 30.6 Å². The van der Waals surface area contributed by atoms with Crippen molar-refractivity contribution in [2.45, 2.75) is 51.1 Å². The van der Waals surface area contributed by atoms with Crippen molar-refractivity contribution in [3.05, 3.63) is 29.8 Å². The van der Waals surface area contributed by atoms with Crippen molar-refractivity contribution in [3.8, 4) is 0 Å². The highest BCUT2D eigenvalue weighted by atomic mass is 16.2. The Hall–Kier alpha value is -1.92. The van der Waals surface area contributed by atoms with Gasteiger partial charge in [0.25, 0.3) is 0 Å². The fourth-order valence-corrected chi connectivity index (χ4v) is 4.15. The maximum atomic E-state index is 12.3. The molecule has 26 heavy (non-hydrogen) atoms. The fourth-order valence-electron chi connectivity index (χ4n) is 4.15. The van der Waals surface area contributed by atoms with Crippen molar-refractivity contribution >= 4 is 17.5 Å². The summed E-state index contributed by atoms with van der Waals surface area (Å²) in [4.78, 5) is 25.9. The molecule has 1 aromatic rings. The lowest BCUT2D eigenvalue weighted by atomic mass is 9.96. The molecule has 5 N–H and O–H groups in total. The molecule has 142 valence electrons. The zero-order valence-electron chi connectivity index (χ0n) is 15.3.